The highest BCUT2D eigenvalue weighted by molar-refractivity contribution is 7.61. The number of hydrogen-bond donors (Lipinski definition) is 9. The lowest BCUT2D eigenvalue weighted by atomic mass is 9.97. The van der Waals surface area contributed by atoms with E-state index in [4.69, 9.17) is 15.0 Å². The maximum Gasteiger partial charge on any atom is 0.483 e. The van der Waals surface area contributed by atoms with Crippen LogP contribution in [0.15, 0.2) is 27.0 Å². The van der Waals surface area contributed by atoms with Crippen LogP contribution in [0.3, 0.4) is 0 Å². The molecule has 0 aliphatic carbocycles. The van der Waals surface area contributed by atoms with Crippen molar-refractivity contribution >= 4 is 21.6 Å². The molecule has 2 fully saturated rings. The lowest BCUT2D eigenvalue weighted by molar-refractivity contribution is -0.247. The molecular weight excluding hydrogens is 622 g/mol. The zero-order valence-electron chi connectivity index (χ0n) is 20.9. The molecule has 2 saturated heterocycles. The summed E-state index contributed by atoms with van der Waals surface area (Å²) in [5.41, 5.74) is 6.54. The Hall–Kier alpha value is -2.56. The molecule has 11 atom stereocenters. The quantitative estimate of drug-likeness (QED) is 0.0447. The fourth-order valence-electron chi connectivity index (χ4n) is 3.85. The first kappa shape index (κ1) is 33.9. The Labute approximate surface area is 232 Å². The first-order valence-corrected chi connectivity index (χ1v) is 14.5. The second-order valence-electron chi connectivity index (χ2n) is 8.67. The first-order valence-electron chi connectivity index (χ1n) is 11.5. The Bertz CT molecular complexity index is 1380. The predicted octanol–water partition coefficient (Wildman–Crippen LogP) is -4.36. The summed E-state index contributed by atoms with van der Waals surface area (Å²) in [4.78, 5) is 59.4. The molecule has 236 valence electrons. The Balaban J connectivity index is 1.67. The smallest absolute Gasteiger partial charge is 0.394 e. The number of nitrogens with one attached hydrogen (secondary N) is 2. The van der Waals surface area contributed by atoms with Crippen molar-refractivity contribution < 1.29 is 72.1 Å². The van der Waals surface area contributed by atoms with E-state index in [9.17, 15) is 58.8 Å². The van der Waals surface area contributed by atoms with Gasteiger partial charge in [0.2, 0.25) is 5.91 Å². The summed E-state index contributed by atoms with van der Waals surface area (Å²) in [5.74, 6) is -1.08. The molecule has 0 radical (unpaired) electrons. The summed E-state index contributed by atoms with van der Waals surface area (Å²) in [6.07, 6.45) is -13.6. The van der Waals surface area contributed by atoms with Crippen molar-refractivity contribution in [2.24, 2.45) is 5.11 Å². The number of phosphoric ester groups is 2. The normalized spacial score (nSPS) is 34.1. The minimum Gasteiger partial charge on any atom is -0.394 e. The Morgan fingerprint density at radius 3 is 2.38 bits per heavy atom. The monoisotopic (exact) mass is 648 g/mol. The second kappa shape index (κ2) is 13.8. The molecule has 0 saturated carbocycles. The lowest BCUT2D eigenvalue weighted by Crippen LogP contribution is -2.64. The number of phosphoric acid groups is 2. The maximum absolute atomic E-state index is 12.5. The van der Waals surface area contributed by atoms with E-state index in [2.05, 4.69) is 23.4 Å². The van der Waals surface area contributed by atoms with Gasteiger partial charge in [-0.3, -0.25) is 28.2 Å². The number of carbonyl (C=O) groups excluding carboxylic acids is 1. The van der Waals surface area contributed by atoms with Gasteiger partial charge in [-0.25, -0.2) is 13.9 Å². The fraction of sp³-hybridized carbons (Fsp3) is 0.706. The number of aromatic nitrogens is 2. The minimum absolute atomic E-state index is 0.705. The average molecular weight is 648 g/mol. The summed E-state index contributed by atoms with van der Waals surface area (Å²) in [6, 6.07) is -0.958. The van der Waals surface area contributed by atoms with E-state index in [-0.39, 0.29) is 0 Å². The third kappa shape index (κ3) is 8.29. The van der Waals surface area contributed by atoms with Gasteiger partial charge in [0.15, 0.2) is 12.5 Å². The summed E-state index contributed by atoms with van der Waals surface area (Å²) in [7, 11) is -11.3. The Morgan fingerprint density at radius 2 is 1.76 bits per heavy atom. The van der Waals surface area contributed by atoms with Gasteiger partial charge in [-0.05, 0) is 5.53 Å². The van der Waals surface area contributed by atoms with E-state index < -0.39 is 108 Å². The molecule has 2 aliphatic heterocycles. The fourth-order valence-corrected chi connectivity index (χ4v) is 6.01. The minimum atomic E-state index is -5.73. The number of carbonyl (C=O) groups is 1. The number of amides is 1. The van der Waals surface area contributed by atoms with Crippen molar-refractivity contribution in [3.8, 4) is 0 Å². The van der Waals surface area contributed by atoms with Crippen molar-refractivity contribution in [1.29, 1.82) is 0 Å². The number of nitrogens with zero attached hydrogens (tertiary/aromatic N) is 4. The van der Waals surface area contributed by atoms with Crippen LogP contribution in [-0.2, 0) is 36.8 Å². The Morgan fingerprint density at radius 1 is 1.10 bits per heavy atom. The predicted molar refractivity (Wildman–Crippen MR) is 129 cm³/mol. The van der Waals surface area contributed by atoms with Gasteiger partial charge in [-0.2, -0.15) is 4.31 Å². The zero-order valence-corrected chi connectivity index (χ0v) is 22.7. The van der Waals surface area contributed by atoms with Crippen molar-refractivity contribution in [1.82, 2.24) is 14.9 Å². The molecule has 42 heavy (non-hydrogen) atoms. The van der Waals surface area contributed by atoms with Crippen LogP contribution in [0.4, 0.5) is 0 Å². The first-order chi connectivity index (χ1) is 19.6. The average Bonchev–Trinajstić information content (AvgIpc) is 3.18. The Kier molecular flexibility index (Phi) is 11.2. The van der Waals surface area contributed by atoms with E-state index in [1.165, 1.54) is 0 Å². The van der Waals surface area contributed by atoms with Crippen LogP contribution in [0.1, 0.15) is 6.23 Å². The highest BCUT2D eigenvalue weighted by Crippen LogP contribution is 2.61. The molecule has 25 heteroatoms. The largest absolute Gasteiger partial charge is 0.483 e. The number of aliphatic hydroxyl groups is 5. The molecule has 2 unspecified atom stereocenters. The van der Waals surface area contributed by atoms with E-state index in [0.717, 1.165) is 12.3 Å². The third-order valence-corrected chi connectivity index (χ3v) is 8.39. The molecule has 0 bridgehead atoms. The SMILES string of the molecule is [N-]=[N+]=NCC(=O)N[C@H]1[C@@H](OP(=O)(O)OP(=O)(O)OC[C@H]2O[C@@H](n3ccc(=O)[nH]c3=O)[C@H](O)[C@@H]2O)O[C@H](CO)[C@H](O)[C@@H]1O. The van der Waals surface area contributed by atoms with Gasteiger partial charge in [-0.15, -0.1) is 0 Å². The number of azide groups is 1. The van der Waals surface area contributed by atoms with Crippen LogP contribution in [0.2, 0.25) is 0 Å². The molecule has 3 heterocycles. The van der Waals surface area contributed by atoms with Crippen LogP contribution in [0.25, 0.3) is 10.4 Å². The van der Waals surface area contributed by atoms with Gasteiger partial charge in [0.1, 0.15) is 49.2 Å². The lowest BCUT2D eigenvalue weighted by Gasteiger charge is -2.42. The van der Waals surface area contributed by atoms with Gasteiger partial charge in [0.05, 0.1) is 13.2 Å². The molecule has 0 aromatic carbocycles. The molecular formula is C17H26N6O17P2. The number of H-pyrrole nitrogens is 1. The highest BCUT2D eigenvalue weighted by Gasteiger charge is 2.50. The highest BCUT2D eigenvalue weighted by atomic mass is 31.3. The standard InChI is InChI=1S/C17H26N6O17P2/c18-22-19-3-9(26)20-10-13(29)11(27)6(4-24)38-16(10)39-42(34,35)40-41(32,33)36-5-7-12(28)14(30)15(37-7)23-2-1-8(25)21-17(23)31/h1-2,6-7,10-16,24,27-30H,3-5H2,(H,20,26)(H,32,33)(H,34,35)(H,21,25,31)/t6-,7-,10-,11+,12-,13-,14-,15-,16-/m1/s1. The van der Waals surface area contributed by atoms with Crippen molar-refractivity contribution in [3.63, 3.8) is 0 Å². The molecule has 9 N–H and O–H groups in total. The summed E-state index contributed by atoms with van der Waals surface area (Å²) in [6.45, 7) is -2.85. The van der Waals surface area contributed by atoms with Crippen LogP contribution < -0.4 is 16.6 Å². The third-order valence-electron chi connectivity index (χ3n) is 5.79. The molecule has 3 rings (SSSR count). The van der Waals surface area contributed by atoms with E-state index in [1.807, 2.05) is 10.3 Å². The number of aromatic amines is 1. The number of ether oxygens (including phenoxy) is 2. The maximum atomic E-state index is 12.5. The number of rotatable bonds is 12. The van der Waals surface area contributed by atoms with Gasteiger partial charge in [0.25, 0.3) is 5.56 Å². The van der Waals surface area contributed by atoms with E-state index in [1.54, 1.807) is 0 Å². The van der Waals surface area contributed by atoms with E-state index >= 15 is 0 Å². The molecule has 23 nitrogen and oxygen atoms in total. The number of aliphatic hydroxyl groups excluding tert-OH is 5. The molecule has 1 aromatic heterocycles. The second-order valence-corrected chi connectivity index (χ2v) is 11.7. The molecule has 0 spiro atoms. The summed E-state index contributed by atoms with van der Waals surface area (Å²) in [5, 5.41) is 55.1. The molecule has 1 amide bonds. The zero-order chi connectivity index (χ0) is 31.4. The van der Waals surface area contributed by atoms with Gasteiger partial charge in [0, 0.05) is 17.2 Å². The van der Waals surface area contributed by atoms with Crippen molar-refractivity contribution in [3.05, 3.63) is 43.5 Å². The molecule has 1 aromatic rings. The van der Waals surface area contributed by atoms with Crippen molar-refractivity contribution in [2.75, 3.05) is 19.8 Å². The van der Waals surface area contributed by atoms with Gasteiger partial charge in [-0.1, -0.05) is 5.11 Å². The van der Waals surface area contributed by atoms with Crippen LogP contribution in [-0.4, -0.2) is 119 Å². The van der Waals surface area contributed by atoms with Gasteiger partial charge >= 0.3 is 21.3 Å². The number of hydrogen-bond acceptors (Lipinski definition) is 16. The van der Waals surface area contributed by atoms with E-state index in [0.29, 0.717) is 4.57 Å². The van der Waals surface area contributed by atoms with Gasteiger partial charge < -0.3 is 50.1 Å². The van der Waals surface area contributed by atoms with Crippen molar-refractivity contribution in [2.45, 2.75) is 55.2 Å². The topological polar surface area (TPSA) is 355 Å². The van der Waals surface area contributed by atoms with Crippen LogP contribution in [0, 0.1) is 0 Å². The van der Waals surface area contributed by atoms with Crippen LogP contribution in [0.5, 0.6) is 0 Å². The summed E-state index contributed by atoms with van der Waals surface area (Å²) >= 11 is 0. The van der Waals surface area contributed by atoms with Crippen LogP contribution >= 0.6 is 15.6 Å². The molecule has 2 aliphatic rings. The summed E-state index contributed by atoms with van der Waals surface area (Å²) < 4.78 is 49.3.